The van der Waals surface area contributed by atoms with E-state index in [2.05, 4.69) is 4.98 Å². The summed E-state index contributed by atoms with van der Waals surface area (Å²) in [5.41, 5.74) is 1.55. The minimum Gasteiger partial charge on any atom is -0.357 e. The Morgan fingerprint density at radius 2 is 1.51 bits per heavy atom. The second-order valence-corrected chi connectivity index (χ2v) is 9.34. The van der Waals surface area contributed by atoms with Gasteiger partial charge >= 0.3 is 6.18 Å². The molecule has 5 rings (SSSR count). The van der Waals surface area contributed by atoms with E-state index >= 15 is 0 Å². The zero-order valence-electron chi connectivity index (χ0n) is 19.1. The number of rotatable bonds is 4. The molecule has 2 saturated heterocycles. The van der Waals surface area contributed by atoms with E-state index in [0.717, 1.165) is 38.1 Å². The van der Waals surface area contributed by atoms with Crippen LogP contribution in [0, 0.1) is 11.8 Å². The monoisotopic (exact) mass is 481 g/mol. The highest BCUT2D eigenvalue weighted by atomic mass is 19.4. The van der Waals surface area contributed by atoms with E-state index in [4.69, 9.17) is 0 Å². The average molecular weight is 482 g/mol. The van der Waals surface area contributed by atoms with E-state index in [0.29, 0.717) is 47.3 Å². The molecule has 1 N–H and O–H groups in total. The highest BCUT2D eigenvalue weighted by Gasteiger charge is 2.38. The van der Waals surface area contributed by atoms with Crippen LogP contribution in [0.2, 0.25) is 0 Å². The van der Waals surface area contributed by atoms with Gasteiger partial charge in [0.05, 0.1) is 5.56 Å². The molecule has 3 heterocycles. The van der Waals surface area contributed by atoms with Crippen LogP contribution < -0.4 is 0 Å². The molecule has 0 saturated carbocycles. The Balaban J connectivity index is 1.14. The number of hydrogen-bond acceptors (Lipinski definition) is 2. The van der Waals surface area contributed by atoms with Gasteiger partial charge < -0.3 is 14.8 Å². The van der Waals surface area contributed by atoms with Crippen molar-refractivity contribution in [3.63, 3.8) is 0 Å². The molecular formula is C27H26F3N3O2. The predicted molar refractivity (Wildman–Crippen MR) is 126 cm³/mol. The molecule has 0 aliphatic carbocycles. The molecule has 0 unspecified atom stereocenters. The second kappa shape index (κ2) is 9.24. The zero-order valence-corrected chi connectivity index (χ0v) is 19.1. The van der Waals surface area contributed by atoms with E-state index in [-0.39, 0.29) is 11.8 Å². The Morgan fingerprint density at radius 3 is 2.14 bits per heavy atom. The fourth-order valence-electron chi connectivity index (χ4n) is 5.05. The third-order valence-corrected chi connectivity index (χ3v) is 7.17. The van der Waals surface area contributed by atoms with Gasteiger partial charge in [-0.15, -0.1) is 0 Å². The van der Waals surface area contributed by atoms with E-state index in [9.17, 15) is 22.8 Å². The number of carbonyl (C=O) groups excluding carboxylic acids is 2. The van der Waals surface area contributed by atoms with Gasteiger partial charge in [0.15, 0.2) is 0 Å². The maximum Gasteiger partial charge on any atom is 0.416 e. The van der Waals surface area contributed by atoms with E-state index in [1.165, 1.54) is 6.07 Å². The van der Waals surface area contributed by atoms with Crippen molar-refractivity contribution < 1.29 is 22.8 Å². The molecule has 1 aromatic heterocycles. The van der Waals surface area contributed by atoms with Crippen LogP contribution in [0.3, 0.4) is 0 Å². The number of nitrogens with one attached hydrogen (secondary N) is 1. The lowest BCUT2D eigenvalue weighted by atomic mass is 9.79. The van der Waals surface area contributed by atoms with Crippen molar-refractivity contribution in [1.82, 2.24) is 14.8 Å². The quantitative estimate of drug-likeness (QED) is 0.548. The summed E-state index contributed by atoms with van der Waals surface area (Å²) in [5, 5.41) is 0. The van der Waals surface area contributed by atoms with Crippen molar-refractivity contribution >= 4 is 11.8 Å². The summed E-state index contributed by atoms with van der Waals surface area (Å²) in [4.78, 5) is 32.0. The summed E-state index contributed by atoms with van der Waals surface area (Å²) in [6.07, 6.45) is -0.775. The highest BCUT2D eigenvalue weighted by Crippen LogP contribution is 2.34. The van der Waals surface area contributed by atoms with Crippen LogP contribution in [0.15, 0.2) is 66.9 Å². The summed E-state index contributed by atoms with van der Waals surface area (Å²) in [6.45, 7) is 2.85. The summed E-state index contributed by atoms with van der Waals surface area (Å²) in [6, 6.07) is 15.5. The molecule has 0 radical (unpaired) electrons. The summed E-state index contributed by atoms with van der Waals surface area (Å²) >= 11 is 0. The first-order valence-corrected chi connectivity index (χ1v) is 11.8. The number of halogens is 3. The molecule has 2 aliphatic heterocycles. The van der Waals surface area contributed by atoms with Crippen molar-refractivity contribution in [1.29, 1.82) is 0 Å². The molecule has 35 heavy (non-hydrogen) atoms. The normalized spacial score (nSPS) is 17.3. The molecule has 2 aromatic carbocycles. The maximum absolute atomic E-state index is 13.0. The van der Waals surface area contributed by atoms with Gasteiger partial charge in [0.25, 0.3) is 11.8 Å². The van der Waals surface area contributed by atoms with Crippen LogP contribution in [0.1, 0.15) is 39.3 Å². The van der Waals surface area contributed by atoms with Gasteiger partial charge in [-0.3, -0.25) is 9.59 Å². The number of likely N-dealkylation sites (tertiary alicyclic amines) is 2. The molecule has 5 nitrogen and oxygen atoms in total. The lowest BCUT2D eigenvalue weighted by Crippen LogP contribution is -2.54. The van der Waals surface area contributed by atoms with Crippen LogP contribution in [-0.4, -0.2) is 52.8 Å². The Bertz CT molecular complexity index is 1190. The number of aromatic amines is 1. The van der Waals surface area contributed by atoms with E-state index in [1.54, 1.807) is 42.6 Å². The molecule has 0 spiro atoms. The number of amides is 2. The Hall–Kier alpha value is -3.55. The lowest BCUT2D eigenvalue weighted by molar-refractivity contribution is -0.137. The predicted octanol–water partition coefficient (Wildman–Crippen LogP) is 5.32. The molecule has 8 heteroatoms. The molecule has 182 valence electrons. The lowest BCUT2D eigenvalue weighted by Gasteiger charge is -2.46. The number of H-pyrrole nitrogens is 1. The summed E-state index contributed by atoms with van der Waals surface area (Å²) < 4.78 is 39.0. The summed E-state index contributed by atoms with van der Waals surface area (Å²) in [7, 11) is 0. The molecule has 2 aliphatic rings. The van der Waals surface area contributed by atoms with Crippen LogP contribution in [-0.2, 0) is 6.18 Å². The number of aromatic nitrogens is 1. The fraction of sp³-hybridized carbons (Fsp3) is 0.333. The molecule has 0 atom stereocenters. The van der Waals surface area contributed by atoms with Crippen molar-refractivity contribution in [2.24, 2.45) is 11.8 Å². The van der Waals surface area contributed by atoms with Crippen LogP contribution >= 0.6 is 0 Å². The van der Waals surface area contributed by atoms with Crippen molar-refractivity contribution in [3.8, 4) is 11.1 Å². The van der Waals surface area contributed by atoms with Gasteiger partial charge in [0, 0.05) is 37.9 Å². The van der Waals surface area contributed by atoms with Crippen LogP contribution in [0.25, 0.3) is 11.1 Å². The molecular weight excluding hydrogens is 455 g/mol. The van der Waals surface area contributed by atoms with Gasteiger partial charge in [0.1, 0.15) is 5.69 Å². The Labute approximate surface area is 201 Å². The van der Waals surface area contributed by atoms with E-state index in [1.807, 2.05) is 15.9 Å². The van der Waals surface area contributed by atoms with Gasteiger partial charge in [-0.2, -0.15) is 13.2 Å². The molecule has 2 amide bonds. The van der Waals surface area contributed by atoms with Gasteiger partial charge in [-0.1, -0.05) is 24.3 Å². The summed E-state index contributed by atoms with van der Waals surface area (Å²) in [5.74, 6) is 0.907. The molecule has 3 aromatic rings. The number of carbonyl (C=O) groups is 2. The highest BCUT2D eigenvalue weighted by molar-refractivity contribution is 5.95. The number of piperidine rings is 1. The first-order chi connectivity index (χ1) is 16.8. The maximum atomic E-state index is 13.0. The van der Waals surface area contributed by atoms with Crippen molar-refractivity contribution in [2.75, 3.05) is 26.2 Å². The Kier molecular flexibility index (Phi) is 6.13. The minimum absolute atomic E-state index is 0.0347. The minimum atomic E-state index is -4.39. The first kappa shape index (κ1) is 23.2. The third-order valence-electron chi connectivity index (χ3n) is 7.17. The van der Waals surface area contributed by atoms with E-state index < -0.39 is 11.7 Å². The largest absolute Gasteiger partial charge is 0.416 e. The van der Waals surface area contributed by atoms with Crippen LogP contribution in [0.5, 0.6) is 0 Å². The van der Waals surface area contributed by atoms with Crippen molar-refractivity contribution in [3.05, 3.63) is 83.7 Å². The average Bonchev–Trinajstić information content (AvgIpc) is 3.38. The van der Waals surface area contributed by atoms with Gasteiger partial charge in [-0.05, 0) is 72.2 Å². The SMILES string of the molecule is O=C(c1ccc(-c2cccc(C(F)(F)F)c2)cc1)N1CC(C2CCN(C(=O)c3ccc[nH]3)CC2)C1. The Morgan fingerprint density at radius 1 is 0.800 bits per heavy atom. The first-order valence-electron chi connectivity index (χ1n) is 11.8. The van der Waals surface area contributed by atoms with Crippen molar-refractivity contribution in [2.45, 2.75) is 19.0 Å². The molecule has 2 fully saturated rings. The van der Waals surface area contributed by atoms with Gasteiger partial charge in [-0.25, -0.2) is 0 Å². The number of benzene rings is 2. The third kappa shape index (κ3) is 4.83. The molecule has 0 bridgehead atoms. The topological polar surface area (TPSA) is 56.4 Å². The number of nitrogens with zero attached hydrogens (tertiary/aromatic N) is 2. The fourth-order valence-corrected chi connectivity index (χ4v) is 5.05. The zero-order chi connectivity index (χ0) is 24.6. The smallest absolute Gasteiger partial charge is 0.357 e. The number of hydrogen-bond donors (Lipinski definition) is 1. The van der Waals surface area contributed by atoms with Gasteiger partial charge in [0.2, 0.25) is 0 Å². The number of alkyl halides is 3. The second-order valence-electron chi connectivity index (χ2n) is 9.34. The standard InChI is InChI=1S/C27H26F3N3O2/c28-27(29,30)23-4-1-3-21(15-23)18-6-8-20(9-7-18)25(34)33-16-22(17-33)19-10-13-32(14-11-19)26(35)24-5-2-12-31-24/h1-9,12,15,19,22,31H,10-11,13-14,16-17H2. The van der Waals surface area contributed by atoms with Crippen LogP contribution in [0.4, 0.5) is 13.2 Å².